The number of unbranched alkanes of at least 4 members (excludes halogenated alkanes) is 1. The van der Waals surface area contributed by atoms with Crippen LogP contribution >= 0.6 is 0 Å². The van der Waals surface area contributed by atoms with Crippen LogP contribution in [0.15, 0.2) is 102 Å². The lowest BCUT2D eigenvalue weighted by molar-refractivity contribution is -0.384. The fourth-order valence-electron chi connectivity index (χ4n) is 8.33. The van der Waals surface area contributed by atoms with Gasteiger partial charge in [-0.25, -0.2) is 0 Å². The molecule has 1 amide bonds. The molecule has 0 aliphatic carbocycles. The average Bonchev–Trinajstić information content (AvgIpc) is 3.32. The molecule has 0 saturated carbocycles. The number of non-ortho nitro benzene ring substituents is 1. The van der Waals surface area contributed by atoms with Gasteiger partial charge in [-0.3, -0.25) is 34.3 Å². The predicted octanol–water partition coefficient (Wildman–Crippen LogP) is 8.98. The predicted molar refractivity (Wildman–Crippen MR) is 271 cm³/mol. The normalized spacial score (nSPS) is 12.6. The number of rotatable bonds is 29. The van der Waals surface area contributed by atoms with Crippen LogP contribution in [0, 0.1) is 33.8 Å². The van der Waals surface area contributed by atoms with Gasteiger partial charge < -0.3 is 36.7 Å². The highest BCUT2D eigenvalue weighted by Crippen LogP contribution is 2.45. The minimum absolute atomic E-state index is 0.0209. The van der Waals surface area contributed by atoms with Gasteiger partial charge in [-0.2, -0.15) is 0 Å². The van der Waals surface area contributed by atoms with Crippen molar-refractivity contribution >= 4 is 56.6 Å². The van der Waals surface area contributed by atoms with Crippen molar-refractivity contribution in [3.63, 3.8) is 0 Å². The number of nitro benzene ring substituents is 1. The third-order valence-electron chi connectivity index (χ3n) is 11.9. The summed E-state index contributed by atoms with van der Waals surface area (Å²) in [6.07, 6.45) is 2.87. The monoisotopic (exact) mass is 945 g/mol. The second-order valence-electron chi connectivity index (χ2n) is 18.4. The van der Waals surface area contributed by atoms with E-state index in [1.165, 1.54) is 24.3 Å². The lowest BCUT2D eigenvalue weighted by atomic mass is 9.89. The first-order valence-electron chi connectivity index (χ1n) is 23.9. The van der Waals surface area contributed by atoms with Gasteiger partial charge in [0.05, 0.1) is 23.5 Å². The number of nitrogens with zero attached hydrogens (tertiary/aromatic N) is 2. The van der Waals surface area contributed by atoms with Crippen LogP contribution in [0.25, 0.3) is 32.7 Å². The molecular formula is C54H68N6O9. The van der Waals surface area contributed by atoms with Crippen molar-refractivity contribution in [3.8, 4) is 22.6 Å². The van der Waals surface area contributed by atoms with Crippen LogP contribution in [0.5, 0.6) is 11.5 Å². The molecule has 15 heteroatoms. The maximum atomic E-state index is 14.3. The molecule has 0 aliphatic rings. The van der Waals surface area contributed by atoms with E-state index >= 15 is 0 Å². The number of carbonyl (C=O) groups excluding carboxylic acids is 4. The molecule has 15 nitrogen and oxygen atoms in total. The topological polar surface area (TPSA) is 242 Å². The molecule has 7 N–H and O–H groups in total. The van der Waals surface area contributed by atoms with Gasteiger partial charge in [0.15, 0.2) is 17.5 Å². The number of fused-ring (bicyclic) bond motifs is 2. The second-order valence-corrected chi connectivity index (χ2v) is 18.4. The molecule has 5 rings (SSSR count). The lowest BCUT2D eigenvalue weighted by Gasteiger charge is -2.24. The van der Waals surface area contributed by atoms with Gasteiger partial charge >= 0.3 is 5.97 Å². The van der Waals surface area contributed by atoms with Crippen molar-refractivity contribution in [3.05, 3.63) is 113 Å². The Labute approximate surface area is 404 Å². The molecule has 0 unspecified atom stereocenters. The molecule has 0 aliphatic heterocycles. The van der Waals surface area contributed by atoms with Gasteiger partial charge in [0.25, 0.3) is 5.69 Å². The maximum Gasteiger partial charge on any atom is 0.309 e. The van der Waals surface area contributed by atoms with Crippen molar-refractivity contribution in [2.75, 3.05) is 26.3 Å². The number of nitrogens with two attached hydrogens (primary N) is 3. The Hall–Kier alpha value is -6.87. The van der Waals surface area contributed by atoms with E-state index in [0.29, 0.717) is 68.2 Å². The van der Waals surface area contributed by atoms with Crippen LogP contribution in [0.1, 0.15) is 91.0 Å². The zero-order chi connectivity index (χ0) is 49.9. The Morgan fingerprint density at radius 2 is 1.33 bits per heavy atom. The molecule has 0 heterocycles. The van der Waals surface area contributed by atoms with Crippen LogP contribution in [-0.4, -0.2) is 66.7 Å². The van der Waals surface area contributed by atoms with E-state index in [4.69, 9.17) is 31.4 Å². The molecule has 0 aromatic heterocycles. The minimum atomic E-state index is -1.02. The summed E-state index contributed by atoms with van der Waals surface area (Å²) >= 11 is 0. The van der Waals surface area contributed by atoms with Crippen LogP contribution in [0.3, 0.4) is 0 Å². The minimum Gasteiger partial charge on any atom is -0.493 e. The first-order chi connectivity index (χ1) is 33.1. The summed E-state index contributed by atoms with van der Waals surface area (Å²) in [6, 6.07) is 28.6. The molecule has 368 valence electrons. The third kappa shape index (κ3) is 16.1. The number of hydrogen-bond donors (Lipinski definition) is 4. The van der Waals surface area contributed by atoms with Gasteiger partial charge in [-0.1, -0.05) is 94.8 Å². The Morgan fingerprint density at radius 1 is 0.710 bits per heavy atom. The molecule has 0 bridgehead atoms. The summed E-state index contributed by atoms with van der Waals surface area (Å²) in [4.78, 5) is 70.7. The van der Waals surface area contributed by atoms with Crippen molar-refractivity contribution < 1.29 is 38.3 Å². The number of nitrogens with one attached hydrogen (secondary N) is 1. The number of amides is 1. The number of aliphatic imine (C=N–C) groups is 1. The van der Waals surface area contributed by atoms with Crippen LogP contribution < -0.4 is 32.0 Å². The molecule has 0 fully saturated rings. The highest BCUT2D eigenvalue weighted by atomic mass is 16.6. The Balaban J connectivity index is 1.36. The summed E-state index contributed by atoms with van der Waals surface area (Å²) in [6.45, 7) is 8.82. The van der Waals surface area contributed by atoms with Crippen LogP contribution in [-0.2, 0) is 30.5 Å². The summed E-state index contributed by atoms with van der Waals surface area (Å²) in [5.41, 5.74) is 19.1. The third-order valence-corrected chi connectivity index (χ3v) is 11.9. The van der Waals surface area contributed by atoms with Crippen LogP contribution in [0.2, 0.25) is 0 Å². The van der Waals surface area contributed by atoms with E-state index in [2.05, 4.69) is 36.3 Å². The number of hydrogen-bond acceptors (Lipinski definition) is 11. The van der Waals surface area contributed by atoms with Crippen molar-refractivity contribution in [1.29, 1.82) is 0 Å². The lowest BCUT2D eigenvalue weighted by Crippen LogP contribution is -2.45. The fraction of sp³-hybridized carbons (Fsp3) is 0.426. The molecule has 0 radical (unpaired) electrons. The average molecular weight is 945 g/mol. The van der Waals surface area contributed by atoms with Gasteiger partial charge in [0.1, 0.15) is 24.7 Å². The van der Waals surface area contributed by atoms with E-state index in [9.17, 15) is 29.3 Å². The summed E-state index contributed by atoms with van der Waals surface area (Å²) in [5, 5.41) is 17.9. The quantitative estimate of drug-likeness (QED) is 0.00877. The van der Waals surface area contributed by atoms with E-state index in [1.807, 2.05) is 74.5 Å². The SMILES string of the molecule is CC(C)CCOc1ccc2ccccc2c1-c1c(OCC(=O)C[C@H](CCCCN)C(=O)N[C@H](CCCN=C(N)N)C(=O)C[C@@H](CC(C)C)C(=O)OCc2ccc([N+](=O)[O-])cc2)ccc2ccccc12. The Morgan fingerprint density at radius 3 is 1.91 bits per heavy atom. The zero-order valence-corrected chi connectivity index (χ0v) is 40.3. The Kier molecular flexibility index (Phi) is 20.5. The van der Waals surface area contributed by atoms with E-state index in [-0.39, 0.29) is 68.2 Å². The molecule has 5 aromatic carbocycles. The van der Waals surface area contributed by atoms with E-state index in [1.54, 1.807) is 0 Å². The first-order valence-corrected chi connectivity index (χ1v) is 23.9. The first kappa shape index (κ1) is 53.1. The molecular weight excluding hydrogens is 877 g/mol. The summed E-state index contributed by atoms with van der Waals surface area (Å²) in [5.74, 6) is -1.86. The van der Waals surface area contributed by atoms with Gasteiger partial charge in [-0.05, 0) is 108 Å². The summed E-state index contributed by atoms with van der Waals surface area (Å²) < 4.78 is 18.6. The largest absolute Gasteiger partial charge is 0.493 e. The van der Waals surface area contributed by atoms with Gasteiger partial charge in [-0.15, -0.1) is 0 Å². The highest BCUT2D eigenvalue weighted by Gasteiger charge is 2.32. The number of Topliss-reactive ketones (excluding diaryl/α,β-unsaturated/α-hetero) is 2. The number of ketones is 2. The van der Waals surface area contributed by atoms with Crippen molar-refractivity contribution in [2.45, 2.75) is 98.1 Å². The maximum absolute atomic E-state index is 14.3. The molecule has 3 atom stereocenters. The van der Waals surface area contributed by atoms with Crippen molar-refractivity contribution in [1.82, 2.24) is 5.32 Å². The van der Waals surface area contributed by atoms with E-state index in [0.717, 1.165) is 39.1 Å². The molecule has 0 saturated heterocycles. The molecule has 69 heavy (non-hydrogen) atoms. The van der Waals surface area contributed by atoms with Crippen molar-refractivity contribution in [2.24, 2.45) is 45.9 Å². The van der Waals surface area contributed by atoms with Crippen LogP contribution in [0.4, 0.5) is 5.69 Å². The molecule has 5 aromatic rings. The standard InChI is InChI=1S/C54H68N6O9/c1-35(2)26-29-67-48-24-20-38-12-5-7-15-44(38)50(48)51-45-16-8-6-13-39(45)21-25-49(51)68-34-43(61)31-40(14-9-10-27-55)52(63)59-46(17-11-28-58-54(56)57)47(62)32-41(30-36(3)4)53(64)69-33-37-18-22-42(23-19-37)60(65)66/h5-8,12-13,15-16,18-25,35-36,40-41,46H,9-11,14,17,26-34,55H2,1-4H3,(H,59,63)(H4,56,57,58)/t40-,41+,46+/m0/s1. The Bertz CT molecular complexity index is 2560. The second kappa shape index (κ2) is 26.6. The zero-order valence-electron chi connectivity index (χ0n) is 40.3. The highest BCUT2D eigenvalue weighted by molar-refractivity contribution is 6.10. The smallest absolute Gasteiger partial charge is 0.309 e. The molecule has 0 spiro atoms. The summed E-state index contributed by atoms with van der Waals surface area (Å²) in [7, 11) is 0. The number of carbonyl (C=O) groups is 4. The number of benzene rings is 5. The van der Waals surface area contributed by atoms with Gasteiger partial charge in [0.2, 0.25) is 5.91 Å². The number of ether oxygens (including phenoxy) is 3. The van der Waals surface area contributed by atoms with Gasteiger partial charge in [0, 0.05) is 48.6 Å². The fourth-order valence-corrected chi connectivity index (χ4v) is 8.33. The number of guanidine groups is 1. The number of nitro groups is 1. The number of esters is 1. The van der Waals surface area contributed by atoms with E-state index < -0.39 is 34.7 Å².